The van der Waals surface area contributed by atoms with Gasteiger partial charge in [0.2, 0.25) is 0 Å². The zero-order chi connectivity index (χ0) is 20.4. The van der Waals surface area contributed by atoms with Gasteiger partial charge in [0.1, 0.15) is 17.1 Å². The second-order valence-corrected chi connectivity index (χ2v) is 6.80. The number of fused-ring (bicyclic) bond motifs is 1. The van der Waals surface area contributed by atoms with Crippen LogP contribution in [0.25, 0.3) is 16.9 Å². The molecule has 0 spiro atoms. The number of imidazole rings is 1. The van der Waals surface area contributed by atoms with Crippen LogP contribution in [0.2, 0.25) is 5.02 Å². The number of carbonyl (C=O) groups excluding carboxylic acids is 1. The van der Waals surface area contributed by atoms with Crippen molar-refractivity contribution in [2.24, 2.45) is 0 Å². The van der Waals surface area contributed by atoms with Crippen molar-refractivity contribution >= 4 is 34.4 Å². The van der Waals surface area contributed by atoms with Crippen molar-refractivity contribution in [3.8, 4) is 11.4 Å². The third kappa shape index (κ3) is 3.67. The van der Waals surface area contributed by atoms with Crippen molar-refractivity contribution < 1.29 is 9.53 Å². The molecule has 0 atom stereocenters. The summed E-state index contributed by atoms with van der Waals surface area (Å²) >= 11 is 6.46. The van der Waals surface area contributed by atoms with E-state index in [1.54, 1.807) is 30.5 Å². The number of nitrogens with zero attached hydrogens (tertiary/aromatic N) is 3. The highest BCUT2D eigenvalue weighted by Crippen LogP contribution is 2.28. The summed E-state index contributed by atoms with van der Waals surface area (Å²) in [5.41, 5.74) is 3.18. The van der Waals surface area contributed by atoms with E-state index in [0.717, 1.165) is 11.3 Å². The Labute approximate surface area is 173 Å². The van der Waals surface area contributed by atoms with Gasteiger partial charge in [0, 0.05) is 11.8 Å². The van der Waals surface area contributed by atoms with E-state index in [9.17, 15) is 4.79 Å². The number of nitrogens with one attached hydrogen (secondary N) is 1. The molecule has 6 nitrogen and oxygen atoms in total. The third-order valence-electron chi connectivity index (χ3n) is 4.47. The Morgan fingerprint density at radius 3 is 2.83 bits per heavy atom. The fraction of sp³-hybridized carbons (Fsp3) is 0.136. The van der Waals surface area contributed by atoms with Gasteiger partial charge < -0.3 is 10.1 Å². The van der Waals surface area contributed by atoms with Crippen LogP contribution in [0.4, 0.5) is 5.69 Å². The summed E-state index contributed by atoms with van der Waals surface area (Å²) < 4.78 is 7.43. The van der Waals surface area contributed by atoms with Crippen molar-refractivity contribution in [3.63, 3.8) is 0 Å². The molecule has 7 heteroatoms. The average molecular weight is 407 g/mol. The smallest absolute Gasteiger partial charge is 0.255 e. The van der Waals surface area contributed by atoms with Gasteiger partial charge in [-0.3, -0.25) is 9.36 Å². The molecule has 4 rings (SSSR count). The summed E-state index contributed by atoms with van der Waals surface area (Å²) in [4.78, 5) is 21.9. The first-order valence-corrected chi connectivity index (χ1v) is 9.59. The quantitative estimate of drug-likeness (QED) is 0.504. The van der Waals surface area contributed by atoms with Crippen molar-refractivity contribution in [3.05, 3.63) is 77.2 Å². The van der Waals surface area contributed by atoms with E-state index in [0.29, 0.717) is 40.0 Å². The predicted octanol–water partition coefficient (Wildman–Crippen LogP) is 5.03. The highest BCUT2D eigenvalue weighted by Gasteiger charge is 2.16. The van der Waals surface area contributed by atoms with Crippen molar-refractivity contribution in [2.45, 2.75) is 13.8 Å². The number of aryl methyl sites for hydroxylation is 1. The Morgan fingerprint density at radius 2 is 2.00 bits per heavy atom. The van der Waals surface area contributed by atoms with E-state index < -0.39 is 0 Å². The first kappa shape index (κ1) is 19.0. The maximum atomic E-state index is 12.9. The lowest BCUT2D eigenvalue weighted by molar-refractivity contribution is 0.102. The predicted molar refractivity (Wildman–Crippen MR) is 114 cm³/mol. The molecule has 0 aliphatic rings. The first-order valence-electron chi connectivity index (χ1n) is 9.21. The molecular weight excluding hydrogens is 388 g/mol. The van der Waals surface area contributed by atoms with Crippen LogP contribution in [0.1, 0.15) is 23.1 Å². The number of para-hydroxylation sites is 2. The molecule has 2 heterocycles. The van der Waals surface area contributed by atoms with Gasteiger partial charge in [0.25, 0.3) is 5.91 Å². The number of benzene rings is 2. The summed E-state index contributed by atoms with van der Waals surface area (Å²) in [6.45, 7) is 4.29. The first-order chi connectivity index (χ1) is 14.1. The number of pyridine rings is 1. The number of aromatic nitrogens is 3. The van der Waals surface area contributed by atoms with E-state index in [-0.39, 0.29) is 5.91 Å². The Kier molecular flexibility index (Phi) is 5.18. The third-order valence-corrected chi connectivity index (χ3v) is 4.79. The molecule has 0 radical (unpaired) electrons. The van der Waals surface area contributed by atoms with Gasteiger partial charge in [-0.15, -0.1) is 0 Å². The summed E-state index contributed by atoms with van der Waals surface area (Å²) in [5.74, 6) is 1.10. The fourth-order valence-electron chi connectivity index (χ4n) is 3.19. The summed E-state index contributed by atoms with van der Waals surface area (Å²) in [7, 11) is 0. The van der Waals surface area contributed by atoms with Crippen LogP contribution in [0.3, 0.4) is 0 Å². The minimum Gasteiger partial charge on any atom is -0.492 e. The van der Waals surface area contributed by atoms with Gasteiger partial charge in [-0.2, -0.15) is 0 Å². The van der Waals surface area contributed by atoms with Crippen LogP contribution in [-0.4, -0.2) is 27.0 Å². The average Bonchev–Trinajstić information content (AvgIpc) is 3.05. The molecule has 0 aliphatic carbocycles. The highest BCUT2D eigenvalue weighted by molar-refractivity contribution is 6.32. The molecule has 29 heavy (non-hydrogen) atoms. The van der Waals surface area contributed by atoms with Gasteiger partial charge in [0.05, 0.1) is 23.0 Å². The second-order valence-electron chi connectivity index (χ2n) is 6.39. The van der Waals surface area contributed by atoms with Crippen LogP contribution in [0, 0.1) is 6.92 Å². The van der Waals surface area contributed by atoms with Crippen molar-refractivity contribution in [1.29, 1.82) is 0 Å². The largest absolute Gasteiger partial charge is 0.492 e. The normalized spacial score (nSPS) is 10.9. The molecule has 0 saturated heterocycles. The number of amides is 1. The molecule has 0 fully saturated rings. The Morgan fingerprint density at radius 1 is 1.17 bits per heavy atom. The SMILES string of the molecule is CCOc1ccccc1NC(=O)c1ccc(Cl)c(-n2c(C)nc3cccnc32)c1. The van der Waals surface area contributed by atoms with Crippen LogP contribution in [-0.2, 0) is 0 Å². The molecule has 0 bridgehead atoms. The highest BCUT2D eigenvalue weighted by atomic mass is 35.5. The Hall–Kier alpha value is -3.38. The minimum atomic E-state index is -0.259. The molecule has 1 N–H and O–H groups in total. The molecule has 0 unspecified atom stereocenters. The molecule has 0 aliphatic heterocycles. The topological polar surface area (TPSA) is 69.0 Å². The van der Waals surface area contributed by atoms with Crippen LogP contribution in [0.5, 0.6) is 5.75 Å². The van der Waals surface area contributed by atoms with Gasteiger partial charge in [-0.25, -0.2) is 9.97 Å². The Bertz CT molecular complexity index is 1200. The van der Waals surface area contributed by atoms with Gasteiger partial charge in [0.15, 0.2) is 5.65 Å². The van der Waals surface area contributed by atoms with E-state index in [1.807, 2.05) is 48.7 Å². The van der Waals surface area contributed by atoms with Gasteiger partial charge in [-0.05, 0) is 56.3 Å². The molecule has 4 aromatic rings. The number of rotatable bonds is 5. The maximum Gasteiger partial charge on any atom is 0.255 e. The number of halogens is 1. The zero-order valence-electron chi connectivity index (χ0n) is 16.0. The minimum absolute atomic E-state index is 0.259. The maximum absolute atomic E-state index is 12.9. The number of ether oxygens (including phenoxy) is 1. The lowest BCUT2D eigenvalue weighted by atomic mass is 10.1. The number of anilines is 1. The van der Waals surface area contributed by atoms with Gasteiger partial charge >= 0.3 is 0 Å². The molecule has 2 aromatic heterocycles. The monoisotopic (exact) mass is 406 g/mol. The molecular formula is C22H19ClN4O2. The zero-order valence-corrected chi connectivity index (χ0v) is 16.8. The molecule has 146 valence electrons. The fourth-order valence-corrected chi connectivity index (χ4v) is 3.39. The number of carbonyl (C=O) groups is 1. The molecule has 1 amide bonds. The molecule has 0 saturated carbocycles. The van der Waals surface area contributed by atoms with E-state index in [2.05, 4.69) is 15.3 Å². The van der Waals surface area contributed by atoms with Crippen LogP contribution in [0.15, 0.2) is 60.8 Å². The van der Waals surface area contributed by atoms with E-state index >= 15 is 0 Å². The van der Waals surface area contributed by atoms with E-state index in [4.69, 9.17) is 16.3 Å². The van der Waals surface area contributed by atoms with Crippen LogP contribution < -0.4 is 10.1 Å². The van der Waals surface area contributed by atoms with E-state index in [1.165, 1.54) is 0 Å². The van der Waals surface area contributed by atoms with Crippen LogP contribution >= 0.6 is 11.6 Å². The lowest BCUT2D eigenvalue weighted by Gasteiger charge is -2.13. The molecule has 2 aromatic carbocycles. The van der Waals surface area contributed by atoms with Crippen molar-refractivity contribution in [1.82, 2.24) is 14.5 Å². The summed E-state index contributed by atoms with van der Waals surface area (Å²) in [5, 5.41) is 3.41. The number of hydrogen-bond acceptors (Lipinski definition) is 4. The second kappa shape index (κ2) is 7.93. The Balaban J connectivity index is 1.72. The number of hydrogen-bond donors (Lipinski definition) is 1. The standard InChI is InChI=1S/C22H19ClN4O2/c1-3-29-20-9-5-4-7-17(20)26-22(28)15-10-11-16(23)19(13-15)27-14(2)25-18-8-6-12-24-21(18)27/h4-13H,3H2,1-2H3,(H,26,28). The van der Waals surface area contributed by atoms with Gasteiger partial charge in [-0.1, -0.05) is 23.7 Å². The van der Waals surface area contributed by atoms with Crippen molar-refractivity contribution in [2.75, 3.05) is 11.9 Å². The summed E-state index contributed by atoms with van der Waals surface area (Å²) in [6.07, 6.45) is 1.70. The summed E-state index contributed by atoms with van der Waals surface area (Å²) in [6, 6.07) is 16.2. The lowest BCUT2D eigenvalue weighted by Crippen LogP contribution is -2.13.